The molecule has 10 aromatic carbocycles. The number of rotatable bonds is 9. The molecular weight excluding hydrogens is 749 g/mol. The number of hydrogen-bond acceptors (Lipinski definition) is 1. The molecular formula is C60H42N2. The maximum atomic E-state index is 2.42. The first kappa shape index (κ1) is 36.8. The van der Waals surface area contributed by atoms with Crippen molar-refractivity contribution in [3.05, 3.63) is 255 Å². The fourth-order valence-electron chi connectivity index (χ4n) is 8.96. The van der Waals surface area contributed by atoms with Gasteiger partial charge in [0.25, 0.3) is 0 Å². The lowest BCUT2D eigenvalue weighted by Gasteiger charge is -2.29. The molecule has 0 aliphatic heterocycles. The summed E-state index contributed by atoms with van der Waals surface area (Å²) in [5, 5.41) is 2.50. The summed E-state index contributed by atoms with van der Waals surface area (Å²) in [6.45, 7) is 0. The molecule has 11 rings (SSSR count). The zero-order valence-corrected chi connectivity index (χ0v) is 34.1. The molecule has 2 nitrogen and oxygen atoms in total. The summed E-state index contributed by atoms with van der Waals surface area (Å²) in [4.78, 5) is 2.40. The van der Waals surface area contributed by atoms with Crippen molar-refractivity contribution in [2.24, 2.45) is 0 Å². The summed E-state index contributed by atoms with van der Waals surface area (Å²) in [6.07, 6.45) is 0. The molecule has 1 heterocycles. The molecule has 0 radical (unpaired) electrons. The maximum Gasteiger partial charge on any atom is 0.0541 e. The Bertz CT molecular complexity index is 3240. The van der Waals surface area contributed by atoms with Gasteiger partial charge in [0.1, 0.15) is 0 Å². The molecule has 0 aliphatic carbocycles. The number of para-hydroxylation sites is 2. The highest BCUT2D eigenvalue weighted by Gasteiger charge is 2.20. The largest absolute Gasteiger partial charge is 0.310 e. The summed E-state index contributed by atoms with van der Waals surface area (Å²) in [5.41, 5.74) is 18.5. The summed E-state index contributed by atoms with van der Waals surface area (Å²) in [6, 6.07) is 92.1. The van der Waals surface area contributed by atoms with Crippen molar-refractivity contribution in [3.63, 3.8) is 0 Å². The van der Waals surface area contributed by atoms with E-state index in [1.807, 2.05) is 0 Å². The lowest BCUT2D eigenvalue weighted by Crippen LogP contribution is -2.11. The lowest BCUT2D eigenvalue weighted by atomic mass is 9.95. The molecule has 0 unspecified atom stereocenters. The lowest BCUT2D eigenvalue weighted by molar-refractivity contribution is 1.18. The van der Waals surface area contributed by atoms with Crippen LogP contribution in [0.4, 0.5) is 17.1 Å². The van der Waals surface area contributed by atoms with E-state index in [2.05, 4.69) is 264 Å². The molecule has 0 saturated carbocycles. The highest BCUT2D eigenvalue weighted by Crippen LogP contribution is 2.44. The van der Waals surface area contributed by atoms with E-state index < -0.39 is 0 Å². The minimum absolute atomic E-state index is 1.08. The van der Waals surface area contributed by atoms with Crippen LogP contribution in [0.25, 0.3) is 83.1 Å². The predicted molar refractivity (Wildman–Crippen MR) is 263 cm³/mol. The third-order valence-corrected chi connectivity index (χ3v) is 12.0. The first-order valence-corrected chi connectivity index (χ1v) is 21.3. The van der Waals surface area contributed by atoms with Crippen molar-refractivity contribution in [2.45, 2.75) is 0 Å². The smallest absolute Gasteiger partial charge is 0.0541 e. The fraction of sp³-hybridized carbons (Fsp3) is 0. The van der Waals surface area contributed by atoms with E-state index >= 15 is 0 Å². The number of aromatic nitrogens is 1. The van der Waals surface area contributed by atoms with Crippen LogP contribution in [0, 0.1) is 0 Å². The molecule has 0 N–H and O–H groups in total. The second-order valence-electron chi connectivity index (χ2n) is 15.8. The van der Waals surface area contributed by atoms with Gasteiger partial charge in [-0.15, -0.1) is 0 Å². The number of benzene rings is 10. The van der Waals surface area contributed by atoms with Gasteiger partial charge in [-0.2, -0.15) is 0 Å². The zero-order valence-electron chi connectivity index (χ0n) is 34.1. The Morgan fingerprint density at radius 1 is 0.258 bits per heavy atom. The second kappa shape index (κ2) is 16.1. The Morgan fingerprint density at radius 3 is 1.13 bits per heavy atom. The van der Waals surface area contributed by atoms with Crippen molar-refractivity contribution in [1.82, 2.24) is 4.57 Å². The van der Waals surface area contributed by atoms with E-state index in [1.54, 1.807) is 0 Å². The number of hydrogen-bond donors (Lipinski definition) is 0. The zero-order chi connectivity index (χ0) is 41.2. The molecule has 1 aromatic heterocycles. The molecule has 0 fully saturated rings. The highest BCUT2D eigenvalue weighted by atomic mass is 15.1. The molecule has 0 saturated heterocycles. The third-order valence-electron chi connectivity index (χ3n) is 12.0. The molecule has 0 amide bonds. The SMILES string of the molecule is c1ccc(-c2ccc(N(c3ccc(-c4cc(-c5ccccc5)cc(-n5c6ccccc6c6ccccc65)c4)cc3)c3ccc(-c4ccccc4)cc3-c3ccccc3)cc2)cc1. The maximum absolute atomic E-state index is 2.42. The van der Waals surface area contributed by atoms with Gasteiger partial charge in [0, 0.05) is 33.4 Å². The number of fused-ring (bicyclic) bond motifs is 3. The van der Waals surface area contributed by atoms with Gasteiger partial charge in [0.2, 0.25) is 0 Å². The molecule has 2 heteroatoms. The summed E-state index contributed by atoms with van der Waals surface area (Å²) in [7, 11) is 0. The molecule has 292 valence electrons. The minimum atomic E-state index is 1.08. The van der Waals surface area contributed by atoms with Crippen LogP contribution < -0.4 is 4.90 Å². The van der Waals surface area contributed by atoms with Crippen LogP contribution in [0.1, 0.15) is 0 Å². The van der Waals surface area contributed by atoms with Gasteiger partial charge in [-0.25, -0.2) is 0 Å². The van der Waals surface area contributed by atoms with E-state index in [4.69, 9.17) is 0 Å². The molecule has 0 atom stereocenters. The van der Waals surface area contributed by atoms with Crippen molar-refractivity contribution >= 4 is 38.9 Å². The van der Waals surface area contributed by atoms with Crippen LogP contribution in [0.5, 0.6) is 0 Å². The van der Waals surface area contributed by atoms with Crippen LogP contribution in [0.15, 0.2) is 255 Å². The topological polar surface area (TPSA) is 8.17 Å². The fourth-order valence-corrected chi connectivity index (χ4v) is 8.96. The third kappa shape index (κ3) is 6.94. The molecule has 0 spiro atoms. The van der Waals surface area contributed by atoms with E-state index in [1.165, 1.54) is 55.2 Å². The van der Waals surface area contributed by atoms with E-state index in [0.29, 0.717) is 0 Å². The van der Waals surface area contributed by atoms with Crippen LogP contribution in [-0.4, -0.2) is 4.57 Å². The van der Waals surface area contributed by atoms with Gasteiger partial charge in [0.15, 0.2) is 0 Å². The Labute approximate surface area is 362 Å². The van der Waals surface area contributed by atoms with Crippen molar-refractivity contribution < 1.29 is 0 Å². The number of anilines is 3. The predicted octanol–water partition coefficient (Wildman–Crippen LogP) is 16.6. The van der Waals surface area contributed by atoms with Crippen LogP contribution >= 0.6 is 0 Å². The monoisotopic (exact) mass is 790 g/mol. The quantitative estimate of drug-likeness (QED) is 0.141. The summed E-state index contributed by atoms with van der Waals surface area (Å²) < 4.78 is 2.42. The standard InChI is InChI=1S/C60H42N2/c1-5-17-43(18-6-1)46-29-34-52(35-30-46)61(60-38-33-49(44-19-7-2-8-20-44)42-57(60)48-23-11-4-12-24-48)53-36-31-47(32-37-53)51-39-50(45-21-9-3-10-22-45)40-54(41-51)62-58-27-15-13-25-55(58)56-26-14-16-28-59(56)62/h1-42H. The van der Waals surface area contributed by atoms with Crippen molar-refractivity contribution in [3.8, 4) is 61.3 Å². The van der Waals surface area contributed by atoms with Gasteiger partial charge in [0.05, 0.1) is 16.7 Å². The first-order chi connectivity index (χ1) is 30.7. The Balaban J connectivity index is 1.07. The normalized spacial score (nSPS) is 11.2. The average Bonchev–Trinajstić information content (AvgIpc) is 3.70. The van der Waals surface area contributed by atoms with Crippen molar-refractivity contribution in [2.75, 3.05) is 4.90 Å². The Morgan fingerprint density at radius 2 is 0.629 bits per heavy atom. The molecule has 0 aliphatic rings. The highest BCUT2D eigenvalue weighted by molar-refractivity contribution is 6.09. The summed E-state index contributed by atoms with van der Waals surface area (Å²) >= 11 is 0. The van der Waals surface area contributed by atoms with Gasteiger partial charge in [-0.1, -0.05) is 188 Å². The average molecular weight is 791 g/mol. The van der Waals surface area contributed by atoms with Crippen LogP contribution in [-0.2, 0) is 0 Å². The Kier molecular flexibility index (Phi) is 9.57. The van der Waals surface area contributed by atoms with Gasteiger partial charge >= 0.3 is 0 Å². The van der Waals surface area contributed by atoms with Crippen molar-refractivity contribution in [1.29, 1.82) is 0 Å². The Hall–Kier alpha value is -8.20. The van der Waals surface area contributed by atoms with Crippen LogP contribution in [0.3, 0.4) is 0 Å². The van der Waals surface area contributed by atoms with Crippen LogP contribution in [0.2, 0.25) is 0 Å². The van der Waals surface area contributed by atoms with E-state index in [9.17, 15) is 0 Å². The van der Waals surface area contributed by atoms with E-state index in [0.717, 1.165) is 45.0 Å². The van der Waals surface area contributed by atoms with Gasteiger partial charge in [-0.3, -0.25) is 0 Å². The second-order valence-corrected chi connectivity index (χ2v) is 15.8. The van der Waals surface area contributed by atoms with Gasteiger partial charge < -0.3 is 9.47 Å². The number of nitrogens with zero attached hydrogens (tertiary/aromatic N) is 2. The van der Waals surface area contributed by atoms with E-state index in [-0.39, 0.29) is 0 Å². The minimum Gasteiger partial charge on any atom is -0.310 e. The summed E-state index contributed by atoms with van der Waals surface area (Å²) in [5.74, 6) is 0. The van der Waals surface area contributed by atoms with Gasteiger partial charge in [-0.05, 0) is 117 Å². The first-order valence-electron chi connectivity index (χ1n) is 21.3. The molecule has 0 bridgehead atoms. The molecule has 62 heavy (non-hydrogen) atoms. The molecule has 11 aromatic rings.